The van der Waals surface area contributed by atoms with Crippen molar-refractivity contribution in [3.63, 3.8) is 0 Å². The Hall–Kier alpha value is -0.160. The van der Waals surface area contributed by atoms with Gasteiger partial charge in [0.25, 0.3) is 0 Å². The predicted molar refractivity (Wildman–Crippen MR) is 76.5 cm³/mol. The molecule has 2 unspecified atom stereocenters. The molecule has 4 atom stereocenters. The van der Waals surface area contributed by atoms with Gasteiger partial charge in [0.1, 0.15) is 6.61 Å². The third-order valence-corrected chi connectivity index (χ3v) is 3.85. The number of ether oxygens (including phenoxy) is 2. The van der Waals surface area contributed by atoms with Crippen molar-refractivity contribution in [2.45, 2.75) is 70.6 Å². The number of rotatable bonds is 9. The Balaban J connectivity index is 2.00. The molecule has 1 saturated heterocycles. The van der Waals surface area contributed by atoms with E-state index < -0.39 is 6.10 Å². The Kier molecular flexibility index (Phi) is 8.62. The fourth-order valence-electron chi connectivity index (χ4n) is 2.34. The van der Waals surface area contributed by atoms with Crippen LogP contribution in [0, 0.1) is 12.5 Å². The molecule has 0 aromatic heterocycles. The molecule has 1 fully saturated rings. The number of aliphatic hydroxyl groups excluding tert-OH is 1. The quantitative estimate of drug-likeness (QED) is 0.632. The van der Waals surface area contributed by atoms with Crippen LogP contribution in [0.3, 0.4) is 0 Å². The topological polar surface area (TPSA) is 64.7 Å². The van der Waals surface area contributed by atoms with Gasteiger partial charge in [-0.2, -0.15) is 0 Å². The maximum Gasteiger partial charge on any atom is 0.103 e. The third kappa shape index (κ3) is 6.21. The Morgan fingerprint density at radius 1 is 1.21 bits per heavy atom. The Bertz CT molecular complexity index is 225. The lowest BCUT2D eigenvalue weighted by molar-refractivity contribution is -0.0957. The molecule has 4 nitrogen and oxygen atoms in total. The highest BCUT2D eigenvalue weighted by Gasteiger charge is 2.35. The van der Waals surface area contributed by atoms with Gasteiger partial charge >= 0.3 is 0 Å². The molecule has 0 aliphatic carbocycles. The van der Waals surface area contributed by atoms with Crippen LogP contribution in [-0.4, -0.2) is 36.6 Å². The van der Waals surface area contributed by atoms with Gasteiger partial charge in [-0.15, -0.1) is 0 Å². The first-order valence-corrected chi connectivity index (χ1v) is 7.67. The molecule has 1 radical (unpaired) electrons. The number of aliphatic hydroxyl groups is 1. The maximum absolute atomic E-state index is 9.85. The molecule has 1 heterocycles. The number of unbranched alkanes of at least 4 members (excludes halogenated alkanes) is 5. The van der Waals surface area contributed by atoms with Crippen LogP contribution < -0.4 is 5.73 Å². The van der Waals surface area contributed by atoms with E-state index in [1.807, 2.05) is 6.92 Å². The Morgan fingerprint density at radius 2 is 1.89 bits per heavy atom. The first-order valence-electron chi connectivity index (χ1n) is 7.67. The summed E-state index contributed by atoms with van der Waals surface area (Å²) in [7, 11) is 0. The summed E-state index contributed by atoms with van der Waals surface area (Å²) in [6.45, 7) is 7.03. The van der Waals surface area contributed by atoms with Gasteiger partial charge in [-0.25, -0.2) is 0 Å². The molecule has 1 aliphatic heterocycles. The zero-order valence-corrected chi connectivity index (χ0v) is 12.4. The molecule has 0 bridgehead atoms. The van der Waals surface area contributed by atoms with Crippen LogP contribution in [0.1, 0.15) is 52.4 Å². The average Bonchev–Trinajstić information content (AvgIpc) is 2.41. The summed E-state index contributed by atoms with van der Waals surface area (Å²) in [6.07, 6.45) is 6.99. The average molecular weight is 272 g/mol. The SMILES string of the molecule is CCCCCCCCOCC1O[CH]C(N)[C@H](O)[C@@H]1C. The second kappa shape index (κ2) is 9.70. The third-order valence-electron chi connectivity index (χ3n) is 3.85. The van der Waals surface area contributed by atoms with E-state index in [9.17, 15) is 5.11 Å². The monoisotopic (exact) mass is 272 g/mol. The second-order valence-electron chi connectivity index (χ2n) is 5.58. The molecule has 19 heavy (non-hydrogen) atoms. The van der Waals surface area contributed by atoms with E-state index in [1.54, 1.807) is 0 Å². The molecule has 0 amide bonds. The van der Waals surface area contributed by atoms with E-state index in [1.165, 1.54) is 38.7 Å². The largest absolute Gasteiger partial charge is 0.391 e. The lowest BCUT2D eigenvalue weighted by atomic mass is 9.91. The summed E-state index contributed by atoms with van der Waals surface area (Å²) in [5, 5.41) is 9.85. The zero-order valence-electron chi connectivity index (χ0n) is 12.4. The Labute approximate surface area is 117 Å². The molecule has 1 rings (SSSR count). The van der Waals surface area contributed by atoms with Crippen molar-refractivity contribution in [1.29, 1.82) is 0 Å². The fourth-order valence-corrected chi connectivity index (χ4v) is 2.34. The first kappa shape index (κ1) is 16.9. The summed E-state index contributed by atoms with van der Waals surface area (Å²) >= 11 is 0. The van der Waals surface area contributed by atoms with Crippen LogP contribution in [0.4, 0.5) is 0 Å². The van der Waals surface area contributed by atoms with E-state index in [0.717, 1.165) is 13.0 Å². The van der Waals surface area contributed by atoms with Crippen LogP contribution in [0.5, 0.6) is 0 Å². The van der Waals surface area contributed by atoms with E-state index in [4.69, 9.17) is 15.2 Å². The van der Waals surface area contributed by atoms with Crippen molar-refractivity contribution >= 4 is 0 Å². The zero-order chi connectivity index (χ0) is 14.1. The molecule has 4 heteroatoms. The molecular weight excluding hydrogens is 242 g/mol. The van der Waals surface area contributed by atoms with Crippen LogP contribution >= 0.6 is 0 Å². The van der Waals surface area contributed by atoms with Crippen LogP contribution in [-0.2, 0) is 9.47 Å². The molecular formula is C15H30NO3. The molecule has 0 aromatic carbocycles. The molecule has 0 aromatic rings. The van der Waals surface area contributed by atoms with Gasteiger partial charge in [0, 0.05) is 12.5 Å². The summed E-state index contributed by atoms with van der Waals surface area (Å²) in [5.41, 5.74) is 5.69. The van der Waals surface area contributed by atoms with E-state index in [-0.39, 0.29) is 18.1 Å². The first-order chi connectivity index (χ1) is 9.16. The lowest BCUT2D eigenvalue weighted by Gasteiger charge is -2.36. The van der Waals surface area contributed by atoms with E-state index in [2.05, 4.69) is 6.92 Å². The normalized spacial score (nSPS) is 31.6. The molecule has 3 N–H and O–H groups in total. The Morgan fingerprint density at radius 3 is 2.63 bits per heavy atom. The number of hydrogen-bond acceptors (Lipinski definition) is 4. The van der Waals surface area contributed by atoms with Gasteiger partial charge in [0.2, 0.25) is 0 Å². The van der Waals surface area contributed by atoms with Crippen molar-refractivity contribution in [2.75, 3.05) is 13.2 Å². The van der Waals surface area contributed by atoms with Crippen molar-refractivity contribution < 1.29 is 14.6 Å². The minimum atomic E-state index is -0.531. The van der Waals surface area contributed by atoms with Gasteiger partial charge in [-0.1, -0.05) is 46.0 Å². The predicted octanol–water partition coefficient (Wildman–Crippen LogP) is 2.25. The van der Waals surface area contributed by atoms with Gasteiger partial charge in [0.15, 0.2) is 0 Å². The fraction of sp³-hybridized carbons (Fsp3) is 0.933. The summed E-state index contributed by atoms with van der Waals surface area (Å²) in [5.74, 6) is 0.0181. The standard InChI is InChI=1S/C15H30NO3/c1-3-4-5-6-7-8-9-18-11-14-12(2)15(17)13(16)10-19-14/h10,12-15,17H,3-9,11,16H2,1-2H3/t12-,13?,14?,15-/m1/s1. The van der Waals surface area contributed by atoms with E-state index >= 15 is 0 Å². The van der Waals surface area contributed by atoms with Crippen molar-refractivity contribution in [3.05, 3.63) is 6.61 Å². The second-order valence-corrected chi connectivity index (χ2v) is 5.58. The highest BCUT2D eigenvalue weighted by Crippen LogP contribution is 2.22. The smallest absolute Gasteiger partial charge is 0.103 e. The van der Waals surface area contributed by atoms with Crippen LogP contribution in [0.15, 0.2) is 0 Å². The lowest BCUT2D eigenvalue weighted by Crippen LogP contribution is -2.51. The molecule has 1 aliphatic rings. The number of hydrogen-bond donors (Lipinski definition) is 2. The van der Waals surface area contributed by atoms with Crippen LogP contribution in [0.2, 0.25) is 0 Å². The summed E-state index contributed by atoms with van der Waals surface area (Å²) in [4.78, 5) is 0. The summed E-state index contributed by atoms with van der Waals surface area (Å²) < 4.78 is 11.1. The van der Waals surface area contributed by atoms with Gasteiger partial charge in [0.05, 0.1) is 24.9 Å². The van der Waals surface area contributed by atoms with E-state index in [0.29, 0.717) is 6.61 Å². The van der Waals surface area contributed by atoms with Crippen LogP contribution in [0.25, 0.3) is 0 Å². The highest BCUT2D eigenvalue weighted by molar-refractivity contribution is 4.92. The van der Waals surface area contributed by atoms with Gasteiger partial charge in [-0.3, -0.25) is 0 Å². The van der Waals surface area contributed by atoms with Crippen molar-refractivity contribution in [1.82, 2.24) is 0 Å². The molecule has 0 spiro atoms. The van der Waals surface area contributed by atoms with Gasteiger partial charge in [-0.05, 0) is 6.42 Å². The van der Waals surface area contributed by atoms with Crippen molar-refractivity contribution in [2.24, 2.45) is 11.7 Å². The maximum atomic E-state index is 9.85. The minimum Gasteiger partial charge on any atom is -0.391 e. The molecule has 113 valence electrons. The highest BCUT2D eigenvalue weighted by atomic mass is 16.5. The molecule has 0 saturated carbocycles. The number of nitrogens with two attached hydrogens (primary N) is 1. The van der Waals surface area contributed by atoms with Crippen molar-refractivity contribution in [3.8, 4) is 0 Å². The minimum absolute atomic E-state index is 0.0181. The van der Waals surface area contributed by atoms with Gasteiger partial charge < -0.3 is 20.3 Å². The summed E-state index contributed by atoms with van der Waals surface area (Å²) in [6, 6.07) is -0.384.